The second-order valence-corrected chi connectivity index (χ2v) is 2.79. The number of hydrogen-bond acceptors (Lipinski definition) is 3. The fourth-order valence-corrected chi connectivity index (χ4v) is 1.24. The highest BCUT2D eigenvalue weighted by molar-refractivity contribution is 5.85. The van der Waals surface area contributed by atoms with Crippen LogP contribution < -0.4 is 5.73 Å². The highest BCUT2D eigenvalue weighted by atomic mass is 35.5. The minimum absolute atomic E-state index is 0. The summed E-state index contributed by atoms with van der Waals surface area (Å²) >= 11 is 0. The van der Waals surface area contributed by atoms with Crippen LogP contribution >= 0.6 is 12.4 Å². The number of esters is 1. The van der Waals surface area contributed by atoms with Crippen LogP contribution in [0.2, 0.25) is 0 Å². The quantitative estimate of drug-likeness (QED) is 0.495. The summed E-state index contributed by atoms with van der Waals surface area (Å²) in [5.74, 6) is -0.305. The number of nitrogens with two attached hydrogens (primary N) is 1. The normalized spacial score (nSPS) is 27.5. The van der Waals surface area contributed by atoms with Crippen LogP contribution in [0.15, 0.2) is 12.2 Å². The van der Waals surface area contributed by atoms with Gasteiger partial charge in [0.25, 0.3) is 0 Å². The van der Waals surface area contributed by atoms with Gasteiger partial charge in [-0.25, -0.2) is 0 Å². The van der Waals surface area contributed by atoms with Crippen molar-refractivity contribution in [2.24, 2.45) is 11.7 Å². The zero-order chi connectivity index (χ0) is 8.27. The fourth-order valence-electron chi connectivity index (χ4n) is 1.24. The molecule has 0 unspecified atom stereocenters. The molecule has 0 amide bonds. The summed E-state index contributed by atoms with van der Waals surface area (Å²) in [6.07, 6.45) is 5.39. The van der Waals surface area contributed by atoms with Crippen molar-refractivity contribution in [2.45, 2.75) is 18.9 Å². The smallest absolute Gasteiger partial charge is 0.312 e. The van der Waals surface area contributed by atoms with E-state index in [1.165, 1.54) is 7.11 Å². The number of carbonyl (C=O) groups is 1. The molecular weight excluding hydrogens is 178 g/mol. The van der Waals surface area contributed by atoms with E-state index in [1.54, 1.807) is 0 Å². The van der Waals surface area contributed by atoms with E-state index in [4.69, 9.17) is 5.73 Å². The van der Waals surface area contributed by atoms with Crippen molar-refractivity contribution in [1.29, 1.82) is 0 Å². The molecule has 0 aromatic heterocycles. The Hall–Kier alpha value is -0.540. The van der Waals surface area contributed by atoms with E-state index in [9.17, 15) is 4.79 Å². The molecule has 0 aromatic carbocycles. The van der Waals surface area contributed by atoms with E-state index < -0.39 is 0 Å². The van der Waals surface area contributed by atoms with Crippen molar-refractivity contribution in [3.8, 4) is 0 Å². The lowest BCUT2D eigenvalue weighted by Crippen LogP contribution is -2.29. The third-order valence-corrected chi connectivity index (χ3v) is 1.87. The van der Waals surface area contributed by atoms with Crippen molar-refractivity contribution in [2.75, 3.05) is 7.11 Å². The number of ether oxygens (including phenoxy) is 1. The number of hydrogen-bond donors (Lipinski definition) is 1. The molecule has 70 valence electrons. The Balaban J connectivity index is 0.00000121. The Morgan fingerprint density at radius 3 is 2.83 bits per heavy atom. The SMILES string of the molecule is COC(=O)[C@H]1C=CC[C@@H](N)C1.Cl. The zero-order valence-corrected chi connectivity index (χ0v) is 7.84. The van der Waals surface area contributed by atoms with Crippen LogP contribution in [0.5, 0.6) is 0 Å². The molecule has 1 rings (SSSR count). The predicted molar refractivity (Wildman–Crippen MR) is 49.1 cm³/mol. The molecule has 0 aliphatic heterocycles. The van der Waals surface area contributed by atoms with Gasteiger partial charge in [-0.15, -0.1) is 12.4 Å². The Kier molecular flexibility index (Phi) is 4.93. The summed E-state index contributed by atoms with van der Waals surface area (Å²) in [5.41, 5.74) is 5.66. The molecule has 0 saturated carbocycles. The van der Waals surface area contributed by atoms with Crippen molar-refractivity contribution in [3.63, 3.8) is 0 Å². The first-order chi connectivity index (χ1) is 5.24. The average molecular weight is 192 g/mol. The Labute approximate surface area is 78.4 Å². The third-order valence-electron chi connectivity index (χ3n) is 1.87. The lowest BCUT2D eigenvalue weighted by molar-refractivity contribution is -0.144. The molecular formula is C8H14ClNO2. The summed E-state index contributed by atoms with van der Waals surface area (Å²) < 4.78 is 4.59. The van der Waals surface area contributed by atoms with Gasteiger partial charge in [0.05, 0.1) is 13.0 Å². The summed E-state index contributed by atoms with van der Waals surface area (Å²) in [6.45, 7) is 0. The lowest BCUT2D eigenvalue weighted by Gasteiger charge is -2.19. The number of carbonyl (C=O) groups excluding carboxylic acids is 1. The van der Waals surface area contributed by atoms with Gasteiger partial charge in [-0.05, 0) is 12.8 Å². The molecule has 0 bridgehead atoms. The lowest BCUT2D eigenvalue weighted by atomic mass is 9.92. The molecule has 0 aromatic rings. The van der Waals surface area contributed by atoms with E-state index in [-0.39, 0.29) is 30.3 Å². The predicted octanol–water partition coefficient (Wildman–Crippen LogP) is 0.875. The number of methoxy groups -OCH3 is 1. The Morgan fingerprint density at radius 1 is 1.67 bits per heavy atom. The van der Waals surface area contributed by atoms with Crippen LogP contribution in [0, 0.1) is 5.92 Å². The molecule has 0 fully saturated rings. The van der Waals surface area contributed by atoms with Gasteiger partial charge in [0, 0.05) is 6.04 Å². The molecule has 4 heteroatoms. The zero-order valence-electron chi connectivity index (χ0n) is 7.03. The van der Waals surface area contributed by atoms with Crippen LogP contribution in [-0.4, -0.2) is 19.1 Å². The van der Waals surface area contributed by atoms with Gasteiger partial charge >= 0.3 is 5.97 Å². The molecule has 0 radical (unpaired) electrons. The third kappa shape index (κ3) is 2.83. The van der Waals surface area contributed by atoms with Crippen molar-refractivity contribution in [1.82, 2.24) is 0 Å². The molecule has 2 N–H and O–H groups in total. The van der Waals surface area contributed by atoms with E-state index in [2.05, 4.69) is 4.74 Å². The van der Waals surface area contributed by atoms with Gasteiger partial charge in [-0.1, -0.05) is 12.2 Å². The van der Waals surface area contributed by atoms with Crippen molar-refractivity contribution in [3.05, 3.63) is 12.2 Å². The van der Waals surface area contributed by atoms with Gasteiger partial charge in [0.2, 0.25) is 0 Å². The molecule has 0 heterocycles. The molecule has 3 nitrogen and oxygen atoms in total. The van der Waals surface area contributed by atoms with Crippen molar-refractivity contribution >= 4 is 18.4 Å². The van der Waals surface area contributed by atoms with E-state index in [0.717, 1.165) is 6.42 Å². The molecule has 2 atom stereocenters. The summed E-state index contributed by atoms with van der Waals surface area (Å²) in [4.78, 5) is 11.0. The van der Waals surface area contributed by atoms with Crippen LogP contribution in [0.1, 0.15) is 12.8 Å². The average Bonchev–Trinajstić information content (AvgIpc) is 2.03. The minimum atomic E-state index is -0.184. The maximum atomic E-state index is 11.0. The fraction of sp³-hybridized carbons (Fsp3) is 0.625. The minimum Gasteiger partial charge on any atom is -0.469 e. The summed E-state index contributed by atoms with van der Waals surface area (Å²) in [6, 6.07) is 0.115. The van der Waals surface area contributed by atoms with Crippen LogP contribution in [0.3, 0.4) is 0 Å². The topological polar surface area (TPSA) is 52.3 Å². The molecule has 1 aliphatic carbocycles. The monoisotopic (exact) mass is 191 g/mol. The van der Waals surface area contributed by atoms with Crippen LogP contribution in [0.25, 0.3) is 0 Å². The Morgan fingerprint density at radius 2 is 2.33 bits per heavy atom. The first kappa shape index (κ1) is 11.5. The van der Waals surface area contributed by atoms with Crippen LogP contribution in [0.4, 0.5) is 0 Å². The first-order valence-electron chi connectivity index (χ1n) is 3.74. The summed E-state index contributed by atoms with van der Waals surface area (Å²) in [5, 5.41) is 0. The van der Waals surface area contributed by atoms with Gasteiger partial charge in [0.15, 0.2) is 0 Å². The summed E-state index contributed by atoms with van der Waals surface area (Å²) in [7, 11) is 1.40. The molecule has 0 saturated heterocycles. The van der Waals surface area contributed by atoms with Crippen molar-refractivity contribution < 1.29 is 9.53 Å². The van der Waals surface area contributed by atoms with E-state index in [1.807, 2.05) is 12.2 Å². The number of halogens is 1. The van der Waals surface area contributed by atoms with Gasteiger partial charge < -0.3 is 10.5 Å². The molecule has 0 spiro atoms. The molecule has 1 aliphatic rings. The first-order valence-corrected chi connectivity index (χ1v) is 3.74. The van der Waals surface area contributed by atoms with Gasteiger partial charge in [-0.2, -0.15) is 0 Å². The van der Waals surface area contributed by atoms with Crippen LogP contribution in [-0.2, 0) is 9.53 Å². The van der Waals surface area contributed by atoms with E-state index >= 15 is 0 Å². The van der Waals surface area contributed by atoms with Gasteiger partial charge in [-0.3, -0.25) is 4.79 Å². The largest absolute Gasteiger partial charge is 0.469 e. The maximum absolute atomic E-state index is 11.0. The highest BCUT2D eigenvalue weighted by Gasteiger charge is 2.21. The maximum Gasteiger partial charge on any atom is 0.312 e. The highest BCUT2D eigenvalue weighted by Crippen LogP contribution is 2.17. The van der Waals surface area contributed by atoms with Gasteiger partial charge in [0.1, 0.15) is 0 Å². The molecule has 12 heavy (non-hydrogen) atoms. The second kappa shape index (κ2) is 5.17. The second-order valence-electron chi connectivity index (χ2n) is 2.79. The van der Waals surface area contributed by atoms with E-state index in [0.29, 0.717) is 6.42 Å². The number of rotatable bonds is 1. The standard InChI is InChI=1S/C8H13NO2.ClH/c1-11-8(10)6-3-2-4-7(9)5-6;/h2-3,6-7H,4-5,9H2,1H3;1H/t6-,7+;/m0./s1. The Bertz CT molecular complexity index is 182.